The van der Waals surface area contributed by atoms with Gasteiger partial charge in [0.2, 0.25) is 5.95 Å². The molecular formula is C14H16N6O. The molecule has 1 aromatic carbocycles. The number of hydrogen-bond donors (Lipinski definition) is 4. The summed E-state index contributed by atoms with van der Waals surface area (Å²) in [6, 6.07) is 7.51. The van der Waals surface area contributed by atoms with Crippen molar-refractivity contribution in [2.45, 2.75) is 19.9 Å². The molecule has 2 heterocycles. The zero-order valence-corrected chi connectivity index (χ0v) is 11.8. The van der Waals surface area contributed by atoms with Crippen molar-refractivity contribution < 1.29 is 4.79 Å². The molecule has 0 unspecified atom stereocenters. The minimum Gasteiger partial charge on any atom is -0.367 e. The predicted octanol–water partition coefficient (Wildman–Crippen LogP) is 1.67. The number of nitrogens with zero attached hydrogens (tertiary/aromatic N) is 2. The number of fused-ring (bicyclic) bond motifs is 1. The van der Waals surface area contributed by atoms with E-state index in [9.17, 15) is 4.79 Å². The molecule has 3 aromatic rings. The Morgan fingerprint density at radius 2 is 2.19 bits per heavy atom. The lowest BCUT2D eigenvalue weighted by Gasteiger charge is -2.09. The number of aryl methyl sites for hydroxylation is 1. The summed E-state index contributed by atoms with van der Waals surface area (Å²) in [5.41, 5.74) is 8.04. The Kier molecular flexibility index (Phi) is 3.09. The number of H-pyrrole nitrogens is 2. The van der Waals surface area contributed by atoms with Crippen LogP contribution in [0.5, 0.6) is 0 Å². The molecule has 21 heavy (non-hydrogen) atoms. The van der Waals surface area contributed by atoms with E-state index in [1.54, 1.807) is 0 Å². The van der Waals surface area contributed by atoms with Crippen molar-refractivity contribution >= 4 is 22.8 Å². The maximum Gasteiger partial charge on any atom is 0.268 e. The van der Waals surface area contributed by atoms with Crippen LogP contribution >= 0.6 is 0 Å². The number of rotatable bonds is 3. The van der Waals surface area contributed by atoms with Crippen LogP contribution in [0.3, 0.4) is 0 Å². The lowest BCUT2D eigenvalue weighted by atomic mass is 10.2. The van der Waals surface area contributed by atoms with Crippen molar-refractivity contribution in [3.8, 4) is 0 Å². The van der Waals surface area contributed by atoms with Gasteiger partial charge in [-0.3, -0.25) is 9.89 Å². The first-order valence-electron chi connectivity index (χ1n) is 6.61. The Labute approximate surface area is 121 Å². The number of nitrogens with two attached hydrogens (primary N) is 1. The van der Waals surface area contributed by atoms with E-state index in [-0.39, 0.29) is 17.9 Å². The van der Waals surface area contributed by atoms with Gasteiger partial charge in [-0.15, -0.1) is 5.10 Å². The molecule has 7 heteroatoms. The number of aromatic nitrogens is 4. The predicted molar refractivity (Wildman–Crippen MR) is 79.7 cm³/mol. The minimum atomic E-state index is -0.310. The van der Waals surface area contributed by atoms with E-state index >= 15 is 0 Å². The van der Waals surface area contributed by atoms with Crippen LogP contribution in [0.15, 0.2) is 24.3 Å². The maximum absolute atomic E-state index is 12.3. The van der Waals surface area contributed by atoms with Crippen LogP contribution in [0.2, 0.25) is 0 Å². The van der Waals surface area contributed by atoms with E-state index in [2.05, 4.69) is 25.5 Å². The van der Waals surface area contributed by atoms with Crippen molar-refractivity contribution in [2.75, 3.05) is 5.73 Å². The van der Waals surface area contributed by atoms with Gasteiger partial charge in [0.05, 0.1) is 6.04 Å². The topological polar surface area (TPSA) is 112 Å². The van der Waals surface area contributed by atoms with Gasteiger partial charge in [-0.05, 0) is 32.0 Å². The van der Waals surface area contributed by atoms with Gasteiger partial charge < -0.3 is 16.0 Å². The highest BCUT2D eigenvalue weighted by molar-refractivity contribution is 5.98. The van der Waals surface area contributed by atoms with Crippen molar-refractivity contribution in [2.24, 2.45) is 0 Å². The molecule has 5 N–H and O–H groups in total. The fourth-order valence-electron chi connectivity index (χ4n) is 2.20. The first-order valence-corrected chi connectivity index (χ1v) is 6.61. The van der Waals surface area contributed by atoms with E-state index in [1.165, 1.54) is 0 Å². The Morgan fingerprint density at radius 1 is 1.38 bits per heavy atom. The van der Waals surface area contributed by atoms with Crippen LogP contribution in [0.25, 0.3) is 10.9 Å². The largest absolute Gasteiger partial charge is 0.367 e. The van der Waals surface area contributed by atoms with E-state index in [0.29, 0.717) is 11.5 Å². The molecule has 0 spiro atoms. The standard InChI is InChI=1S/C14H16N6O/c1-7-3-4-10-9(5-7)6-11(17-10)13(21)16-8(2)12-18-14(15)20-19-12/h3-6,8,17H,1-2H3,(H,16,21)(H3,15,18,19,20)/t8-/m1/s1. The number of carbonyl (C=O) groups is 1. The quantitative estimate of drug-likeness (QED) is 0.586. The zero-order valence-electron chi connectivity index (χ0n) is 11.8. The summed E-state index contributed by atoms with van der Waals surface area (Å²) < 4.78 is 0. The van der Waals surface area contributed by atoms with Gasteiger partial charge in [-0.2, -0.15) is 4.98 Å². The average Bonchev–Trinajstić information content (AvgIpc) is 3.04. The Morgan fingerprint density at radius 3 is 2.90 bits per heavy atom. The van der Waals surface area contributed by atoms with Gasteiger partial charge in [0, 0.05) is 10.9 Å². The van der Waals surface area contributed by atoms with Crippen LogP contribution < -0.4 is 11.1 Å². The molecule has 0 aliphatic rings. The second-order valence-electron chi connectivity index (χ2n) is 5.05. The normalized spacial score (nSPS) is 12.5. The number of amides is 1. The van der Waals surface area contributed by atoms with Crippen LogP contribution in [0.1, 0.15) is 34.8 Å². The molecule has 0 fully saturated rings. The monoisotopic (exact) mass is 284 g/mol. The molecule has 1 atom stereocenters. The number of nitrogens with one attached hydrogen (secondary N) is 3. The Balaban J connectivity index is 1.80. The third-order valence-electron chi connectivity index (χ3n) is 3.30. The van der Waals surface area contributed by atoms with Gasteiger partial charge in [0.15, 0.2) is 0 Å². The summed E-state index contributed by atoms with van der Waals surface area (Å²) in [6.45, 7) is 3.83. The molecule has 0 bridgehead atoms. The van der Waals surface area contributed by atoms with E-state index in [0.717, 1.165) is 16.5 Å². The Hall–Kier alpha value is -2.83. The fraction of sp³-hybridized carbons (Fsp3) is 0.214. The van der Waals surface area contributed by atoms with Gasteiger partial charge >= 0.3 is 0 Å². The van der Waals surface area contributed by atoms with Crippen LogP contribution in [0, 0.1) is 6.92 Å². The van der Waals surface area contributed by atoms with Crippen molar-refractivity contribution in [3.63, 3.8) is 0 Å². The second-order valence-corrected chi connectivity index (χ2v) is 5.05. The summed E-state index contributed by atoms with van der Waals surface area (Å²) in [4.78, 5) is 19.4. The molecule has 3 rings (SSSR count). The minimum absolute atomic E-state index is 0.159. The number of benzene rings is 1. The molecule has 0 aliphatic heterocycles. The first-order chi connectivity index (χ1) is 10.0. The molecule has 2 aromatic heterocycles. The molecule has 0 saturated carbocycles. The summed E-state index contributed by atoms with van der Waals surface area (Å²) in [5, 5.41) is 10.3. The smallest absolute Gasteiger partial charge is 0.268 e. The summed E-state index contributed by atoms with van der Waals surface area (Å²) in [7, 11) is 0. The Bertz CT molecular complexity index is 803. The van der Waals surface area contributed by atoms with E-state index < -0.39 is 0 Å². The SMILES string of the molecule is Cc1ccc2[nH]c(C(=O)N[C@H](C)c3nc(N)n[nH]3)cc2c1. The summed E-state index contributed by atoms with van der Waals surface area (Å²) in [5.74, 6) is 0.478. The molecule has 1 amide bonds. The first kappa shape index (κ1) is 13.2. The van der Waals surface area contributed by atoms with Crippen molar-refractivity contribution in [1.82, 2.24) is 25.5 Å². The van der Waals surface area contributed by atoms with Gasteiger partial charge in [-0.1, -0.05) is 11.6 Å². The van der Waals surface area contributed by atoms with Crippen molar-refractivity contribution in [1.29, 1.82) is 0 Å². The lowest BCUT2D eigenvalue weighted by molar-refractivity contribution is 0.0934. The summed E-state index contributed by atoms with van der Waals surface area (Å²) in [6.07, 6.45) is 0. The maximum atomic E-state index is 12.3. The number of anilines is 1. The van der Waals surface area contributed by atoms with Gasteiger partial charge in [0.1, 0.15) is 11.5 Å². The number of aromatic amines is 2. The third-order valence-corrected chi connectivity index (χ3v) is 3.30. The fourth-order valence-corrected chi connectivity index (χ4v) is 2.20. The van der Waals surface area contributed by atoms with Crippen LogP contribution in [-0.2, 0) is 0 Å². The van der Waals surface area contributed by atoms with Gasteiger partial charge in [-0.25, -0.2) is 0 Å². The molecule has 0 aliphatic carbocycles. The number of nitrogen functional groups attached to an aromatic ring is 1. The number of hydrogen-bond acceptors (Lipinski definition) is 4. The lowest BCUT2D eigenvalue weighted by Crippen LogP contribution is -2.27. The van der Waals surface area contributed by atoms with E-state index in [4.69, 9.17) is 5.73 Å². The molecule has 0 saturated heterocycles. The van der Waals surface area contributed by atoms with Crippen LogP contribution in [-0.4, -0.2) is 26.1 Å². The van der Waals surface area contributed by atoms with Gasteiger partial charge in [0.25, 0.3) is 5.91 Å². The zero-order chi connectivity index (χ0) is 15.0. The number of carbonyl (C=O) groups excluding carboxylic acids is 1. The molecular weight excluding hydrogens is 268 g/mol. The highest BCUT2D eigenvalue weighted by Crippen LogP contribution is 2.17. The van der Waals surface area contributed by atoms with Crippen LogP contribution in [0.4, 0.5) is 5.95 Å². The van der Waals surface area contributed by atoms with Crippen molar-refractivity contribution in [3.05, 3.63) is 41.3 Å². The third kappa shape index (κ3) is 2.58. The highest BCUT2D eigenvalue weighted by Gasteiger charge is 2.16. The second kappa shape index (κ2) is 4.93. The molecule has 7 nitrogen and oxygen atoms in total. The summed E-state index contributed by atoms with van der Waals surface area (Å²) >= 11 is 0. The molecule has 108 valence electrons. The molecule has 0 radical (unpaired) electrons. The highest BCUT2D eigenvalue weighted by atomic mass is 16.1. The van der Waals surface area contributed by atoms with E-state index in [1.807, 2.05) is 38.1 Å². The average molecular weight is 284 g/mol.